The van der Waals surface area contributed by atoms with Crippen LogP contribution in [0.2, 0.25) is 5.02 Å². The molecule has 1 saturated heterocycles. The smallest absolute Gasteiger partial charge is 0.236 e. The van der Waals surface area contributed by atoms with Crippen molar-refractivity contribution in [3.63, 3.8) is 0 Å². The normalized spacial score (nSPS) is 15.5. The molecule has 1 aliphatic heterocycles. The zero-order chi connectivity index (χ0) is 13.5. The average molecular weight is 281 g/mol. The largest absolute Gasteiger partial charge is 0.342 e. The molecule has 0 aromatic heterocycles. The van der Waals surface area contributed by atoms with E-state index in [0.29, 0.717) is 6.54 Å². The summed E-state index contributed by atoms with van der Waals surface area (Å²) in [6.07, 6.45) is 4.45. The van der Waals surface area contributed by atoms with Crippen molar-refractivity contribution in [2.45, 2.75) is 25.7 Å². The van der Waals surface area contributed by atoms with Gasteiger partial charge < -0.3 is 10.2 Å². The molecule has 1 aromatic carbocycles. The summed E-state index contributed by atoms with van der Waals surface area (Å²) in [6, 6.07) is 7.85. The van der Waals surface area contributed by atoms with Crippen LogP contribution in [0.15, 0.2) is 24.3 Å². The first-order valence-electron chi connectivity index (χ1n) is 6.98. The summed E-state index contributed by atoms with van der Waals surface area (Å²) in [7, 11) is 0. The quantitative estimate of drug-likeness (QED) is 0.841. The van der Waals surface area contributed by atoms with E-state index >= 15 is 0 Å². The molecule has 1 fully saturated rings. The second-order valence-electron chi connectivity index (χ2n) is 5.00. The Labute approximate surface area is 119 Å². The van der Waals surface area contributed by atoms with Gasteiger partial charge in [0.05, 0.1) is 6.54 Å². The first kappa shape index (κ1) is 14.4. The summed E-state index contributed by atoms with van der Waals surface area (Å²) < 4.78 is 0. The number of likely N-dealkylation sites (tertiary alicyclic amines) is 1. The highest BCUT2D eigenvalue weighted by atomic mass is 35.5. The third-order valence-electron chi connectivity index (χ3n) is 3.46. The zero-order valence-electron chi connectivity index (χ0n) is 11.2. The van der Waals surface area contributed by atoms with Gasteiger partial charge in [-0.05, 0) is 49.9 Å². The Bertz CT molecular complexity index is 416. The van der Waals surface area contributed by atoms with Crippen molar-refractivity contribution in [2.75, 3.05) is 26.2 Å². The van der Waals surface area contributed by atoms with Gasteiger partial charge in [0.15, 0.2) is 0 Å². The number of carbonyl (C=O) groups excluding carboxylic acids is 1. The van der Waals surface area contributed by atoms with Crippen molar-refractivity contribution in [1.82, 2.24) is 10.2 Å². The van der Waals surface area contributed by atoms with Gasteiger partial charge in [-0.25, -0.2) is 0 Å². The van der Waals surface area contributed by atoms with Crippen LogP contribution >= 0.6 is 11.6 Å². The number of hydrogen-bond donors (Lipinski definition) is 1. The molecular weight excluding hydrogens is 260 g/mol. The molecule has 1 heterocycles. The molecule has 0 saturated carbocycles. The second-order valence-corrected chi connectivity index (χ2v) is 5.43. The minimum Gasteiger partial charge on any atom is -0.342 e. The number of piperidine rings is 1. The van der Waals surface area contributed by atoms with Crippen LogP contribution in [-0.2, 0) is 11.2 Å². The van der Waals surface area contributed by atoms with E-state index in [-0.39, 0.29) is 5.91 Å². The number of amides is 1. The number of benzene rings is 1. The molecule has 1 amide bonds. The van der Waals surface area contributed by atoms with E-state index in [9.17, 15) is 4.79 Å². The highest BCUT2D eigenvalue weighted by Crippen LogP contribution is 2.11. The minimum absolute atomic E-state index is 0.228. The SMILES string of the molecule is O=C(CNCCc1cccc(Cl)c1)N1CCCCC1. The van der Waals surface area contributed by atoms with Gasteiger partial charge in [0.2, 0.25) is 5.91 Å². The first-order valence-corrected chi connectivity index (χ1v) is 7.36. The molecule has 4 heteroatoms. The number of hydrogen-bond acceptors (Lipinski definition) is 2. The highest BCUT2D eigenvalue weighted by molar-refractivity contribution is 6.30. The van der Waals surface area contributed by atoms with Crippen molar-refractivity contribution in [1.29, 1.82) is 0 Å². The Morgan fingerprint density at radius 2 is 2.05 bits per heavy atom. The average Bonchev–Trinajstić information content (AvgIpc) is 2.44. The Hall–Kier alpha value is -1.06. The van der Waals surface area contributed by atoms with E-state index < -0.39 is 0 Å². The van der Waals surface area contributed by atoms with Crippen molar-refractivity contribution in [2.24, 2.45) is 0 Å². The van der Waals surface area contributed by atoms with E-state index in [1.54, 1.807) is 0 Å². The van der Waals surface area contributed by atoms with Crippen LogP contribution in [0.5, 0.6) is 0 Å². The molecule has 0 radical (unpaired) electrons. The van der Waals surface area contributed by atoms with Gasteiger partial charge in [-0.15, -0.1) is 0 Å². The zero-order valence-corrected chi connectivity index (χ0v) is 12.0. The standard InChI is InChI=1S/C15H21ClN2O/c16-14-6-4-5-13(11-14)7-8-17-12-15(19)18-9-2-1-3-10-18/h4-6,11,17H,1-3,7-10,12H2. The van der Waals surface area contributed by atoms with Crippen LogP contribution in [0.1, 0.15) is 24.8 Å². The number of nitrogens with zero attached hydrogens (tertiary/aromatic N) is 1. The van der Waals surface area contributed by atoms with Crippen LogP contribution < -0.4 is 5.32 Å². The fourth-order valence-corrected chi connectivity index (χ4v) is 2.59. The predicted molar refractivity (Wildman–Crippen MR) is 78.5 cm³/mol. The fourth-order valence-electron chi connectivity index (χ4n) is 2.38. The van der Waals surface area contributed by atoms with Crippen molar-refractivity contribution >= 4 is 17.5 Å². The lowest BCUT2D eigenvalue weighted by atomic mass is 10.1. The molecule has 3 nitrogen and oxygen atoms in total. The molecule has 0 atom stereocenters. The van der Waals surface area contributed by atoms with E-state index in [0.717, 1.165) is 43.9 Å². The van der Waals surface area contributed by atoms with Crippen molar-refractivity contribution in [3.05, 3.63) is 34.9 Å². The van der Waals surface area contributed by atoms with Gasteiger partial charge in [-0.2, -0.15) is 0 Å². The number of halogens is 1. The van der Waals surface area contributed by atoms with Crippen LogP contribution in [0, 0.1) is 0 Å². The number of nitrogens with one attached hydrogen (secondary N) is 1. The topological polar surface area (TPSA) is 32.3 Å². The summed E-state index contributed by atoms with van der Waals surface area (Å²) in [5.74, 6) is 0.228. The van der Waals surface area contributed by atoms with E-state index in [4.69, 9.17) is 11.6 Å². The van der Waals surface area contributed by atoms with Gasteiger partial charge >= 0.3 is 0 Å². The van der Waals surface area contributed by atoms with Gasteiger partial charge in [-0.1, -0.05) is 23.7 Å². The summed E-state index contributed by atoms with van der Waals surface area (Å²) in [5, 5.41) is 3.98. The van der Waals surface area contributed by atoms with Crippen LogP contribution in [0.3, 0.4) is 0 Å². The molecule has 0 spiro atoms. The van der Waals surface area contributed by atoms with Crippen LogP contribution in [0.4, 0.5) is 0 Å². The summed E-state index contributed by atoms with van der Waals surface area (Å²) in [4.78, 5) is 13.9. The van der Waals surface area contributed by atoms with E-state index in [1.807, 2.05) is 23.1 Å². The van der Waals surface area contributed by atoms with Crippen LogP contribution in [-0.4, -0.2) is 37.0 Å². The summed E-state index contributed by atoms with van der Waals surface area (Å²) in [6.45, 7) is 3.10. The van der Waals surface area contributed by atoms with Crippen LogP contribution in [0.25, 0.3) is 0 Å². The maximum absolute atomic E-state index is 11.9. The fraction of sp³-hybridized carbons (Fsp3) is 0.533. The third kappa shape index (κ3) is 4.84. The summed E-state index contributed by atoms with van der Waals surface area (Å²) >= 11 is 5.93. The Kier molecular flexibility index (Phi) is 5.67. The molecule has 0 bridgehead atoms. The Morgan fingerprint density at radius 3 is 2.79 bits per heavy atom. The number of rotatable bonds is 5. The molecule has 19 heavy (non-hydrogen) atoms. The molecule has 1 N–H and O–H groups in total. The Balaban J connectivity index is 1.65. The number of carbonyl (C=O) groups is 1. The maximum Gasteiger partial charge on any atom is 0.236 e. The lowest BCUT2D eigenvalue weighted by molar-refractivity contribution is -0.131. The monoisotopic (exact) mass is 280 g/mol. The predicted octanol–water partition coefficient (Wildman–Crippen LogP) is 2.48. The maximum atomic E-state index is 11.9. The second kappa shape index (κ2) is 7.51. The minimum atomic E-state index is 0.228. The highest BCUT2D eigenvalue weighted by Gasteiger charge is 2.15. The third-order valence-corrected chi connectivity index (χ3v) is 3.70. The van der Waals surface area contributed by atoms with Crippen molar-refractivity contribution < 1.29 is 4.79 Å². The molecule has 2 rings (SSSR count). The molecule has 1 aromatic rings. The molecular formula is C15H21ClN2O. The first-order chi connectivity index (χ1) is 9.25. The Morgan fingerprint density at radius 1 is 1.26 bits per heavy atom. The van der Waals surface area contributed by atoms with Gasteiger partial charge in [0, 0.05) is 18.1 Å². The van der Waals surface area contributed by atoms with Crippen molar-refractivity contribution in [3.8, 4) is 0 Å². The van der Waals surface area contributed by atoms with Gasteiger partial charge in [-0.3, -0.25) is 4.79 Å². The molecule has 0 aliphatic carbocycles. The summed E-state index contributed by atoms with van der Waals surface area (Å²) in [5.41, 5.74) is 1.20. The molecule has 1 aliphatic rings. The van der Waals surface area contributed by atoms with Gasteiger partial charge in [0.1, 0.15) is 0 Å². The molecule has 0 unspecified atom stereocenters. The van der Waals surface area contributed by atoms with E-state index in [1.165, 1.54) is 12.0 Å². The lowest BCUT2D eigenvalue weighted by Gasteiger charge is -2.26. The van der Waals surface area contributed by atoms with Gasteiger partial charge in [0.25, 0.3) is 0 Å². The molecule has 104 valence electrons. The lowest BCUT2D eigenvalue weighted by Crippen LogP contribution is -2.41. The van der Waals surface area contributed by atoms with E-state index in [2.05, 4.69) is 11.4 Å².